The predicted octanol–water partition coefficient (Wildman–Crippen LogP) is -2.53. The fourth-order valence-electron chi connectivity index (χ4n) is 0. The number of carboxylic acid groups (broad SMARTS) is 1. The Morgan fingerprint density at radius 3 is 2.00 bits per heavy atom. The van der Waals surface area contributed by atoms with Crippen LogP contribution in [0, 0.1) is 0 Å². The molecule has 0 bridgehead atoms. The topological polar surface area (TPSA) is 37.3 Å². The minimum atomic E-state index is -0.701. The monoisotopic (exact) mass is 280 g/mol. The van der Waals surface area contributed by atoms with Crippen molar-refractivity contribution in [1.82, 2.24) is 0 Å². The Labute approximate surface area is 60.0 Å². The molecule has 1 N–H and O–H groups in total. The normalized spacial score (nSPS) is 8.17. The summed E-state index contributed by atoms with van der Waals surface area (Å²) < 4.78 is -0.648. The summed E-state index contributed by atoms with van der Waals surface area (Å²) in [6.07, 6.45) is 0. The number of rotatable bonds is 1. The molecule has 0 fully saturated rings. The molecule has 1 unspecified atom stereocenters. The van der Waals surface area contributed by atoms with Gasteiger partial charge in [-0.25, -0.2) is 0 Å². The third-order valence-corrected chi connectivity index (χ3v) is 2.58. The molecule has 0 rings (SSSR count). The van der Waals surface area contributed by atoms with E-state index in [2.05, 4.69) is 14.0 Å². The molecule has 0 aliphatic carbocycles. The molecule has 0 aromatic rings. The van der Waals surface area contributed by atoms with E-state index in [1.54, 1.807) is 0 Å². The third-order valence-electron chi connectivity index (χ3n) is 0.0956. The summed E-state index contributed by atoms with van der Waals surface area (Å²) in [7, 11) is 0. The number of carbonyl (C=O) groups is 1. The molecule has 2 nitrogen and oxygen atoms in total. The van der Waals surface area contributed by atoms with Gasteiger partial charge in [-0.1, -0.05) is 0 Å². The van der Waals surface area contributed by atoms with Crippen LogP contribution in [-0.4, -0.2) is 55.3 Å². The maximum absolute atomic E-state index is 9.41. The Morgan fingerprint density at radius 1 is 1.83 bits per heavy atom. The molecule has 0 aromatic carbocycles. The summed E-state index contributed by atoms with van der Waals surface area (Å²) in [5.74, 6) is 0. The molecule has 0 radical (unpaired) electrons. The van der Waals surface area contributed by atoms with Crippen LogP contribution in [-0.2, 0) is 0 Å². The van der Waals surface area contributed by atoms with Gasteiger partial charge >= 0.3 is 60.1 Å². The Hall–Kier alpha value is 1.09. The molecular formula is CH7AsGeO2Se. The Kier molecular flexibility index (Phi) is 10.3. The van der Waals surface area contributed by atoms with Crippen molar-refractivity contribution >= 4 is 50.2 Å². The Bertz CT molecular complexity index is 48.8. The summed E-state index contributed by atoms with van der Waals surface area (Å²) in [4.78, 5) is 9.41. The van der Waals surface area contributed by atoms with Crippen LogP contribution >= 0.6 is 0 Å². The van der Waals surface area contributed by atoms with Crippen molar-refractivity contribution < 1.29 is 9.90 Å². The quantitative estimate of drug-likeness (QED) is 0.537. The van der Waals surface area contributed by atoms with Gasteiger partial charge in [-0.15, -0.1) is 0 Å². The summed E-state index contributed by atoms with van der Waals surface area (Å²) in [5.41, 5.74) is 0. The van der Waals surface area contributed by atoms with E-state index in [4.69, 9.17) is 5.11 Å². The average Bonchev–Trinajstić information content (AvgIpc) is 1.38. The number of hydrogen-bond donors (Lipinski definition) is 1. The summed E-state index contributed by atoms with van der Waals surface area (Å²) in [6.45, 7) is 0. The maximum atomic E-state index is 9.41. The molecule has 0 saturated heterocycles. The Balaban J connectivity index is 0. The molecule has 0 spiro atoms. The van der Waals surface area contributed by atoms with Crippen LogP contribution < -0.4 is 0 Å². The van der Waals surface area contributed by atoms with Gasteiger partial charge in [-0.2, -0.15) is 0 Å². The minimum absolute atomic E-state index is 0. The van der Waals surface area contributed by atoms with Gasteiger partial charge in [-0.3, -0.25) is 0 Å². The molecule has 0 amide bonds. The predicted molar refractivity (Wildman–Crippen MR) is 33.7 cm³/mol. The summed E-state index contributed by atoms with van der Waals surface area (Å²) >= 11 is 1.39. The zero-order chi connectivity index (χ0) is 4.28. The molecule has 0 aromatic heterocycles. The van der Waals surface area contributed by atoms with Gasteiger partial charge in [0.15, 0.2) is 0 Å². The SMILES string of the molecule is O=C(O)[AsH][SeH].[GeH4]. The van der Waals surface area contributed by atoms with Gasteiger partial charge in [0.25, 0.3) is 0 Å². The molecule has 0 aliphatic heterocycles. The van der Waals surface area contributed by atoms with E-state index in [0.29, 0.717) is 0 Å². The molecular weight excluding hydrogens is 271 g/mol. The van der Waals surface area contributed by atoms with E-state index in [9.17, 15) is 4.79 Å². The second-order valence-corrected chi connectivity index (χ2v) is 4.22. The van der Waals surface area contributed by atoms with Crippen molar-refractivity contribution in [2.45, 2.75) is 0 Å². The van der Waals surface area contributed by atoms with Crippen LogP contribution in [0.5, 0.6) is 0 Å². The first-order chi connectivity index (χ1) is 2.27. The standard InChI is InChI=1S/CH3AsO2Se.GeH4/c3-1(4)2-5;/h2,5H,(H,3,4);1H4. The zero-order valence-corrected chi connectivity index (χ0v) is 6.28. The van der Waals surface area contributed by atoms with E-state index in [1.165, 1.54) is 0 Å². The average molecular weight is 278 g/mol. The van der Waals surface area contributed by atoms with Crippen LogP contribution in [0.15, 0.2) is 0 Å². The Morgan fingerprint density at radius 2 is 2.00 bits per heavy atom. The molecule has 0 saturated carbocycles. The van der Waals surface area contributed by atoms with E-state index in [-0.39, 0.29) is 17.6 Å². The molecule has 5 heteroatoms. The number of hydrogen-bond acceptors (Lipinski definition) is 1. The second kappa shape index (κ2) is 6.09. The van der Waals surface area contributed by atoms with E-state index in [0.717, 1.165) is 0 Å². The molecule has 0 heterocycles. The fraction of sp³-hybridized carbons (Fsp3) is 0. The van der Waals surface area contributed by atoms with Crippen LogP contribution in [0.1, 0.15) is 0 Å². The summed E-state index contributed by atoms with van der Waals surface area (Å²) in [5, 5.41) is 7.76. The zero-order valence-electron chi connectivity index (χ0n) is 2.30. The molecule has 6 heavy (non-hydrogen) atoms. The first kappa shape index (κ1) is 10.2. The van der Waals surface area contributed by atoms with E-state index >= 15 is 0 Å². The first-order valence-corrected chi connectivity index (χ1v) is 7.76. The van der Waals surface area contributed by atoms with Crippen molar-refractivity contribution in [2.24, 2.45) is 0 Å². The molecule has 1 atom stereocenters. The van der Waals surface area contributed by atoms with Crippen molar-refractivity contribution in [1.29, 1.82) is 0 Å². The van der Waals surface area contributed by atoms with Crippen molar-refractivity contribution in [3.8, 4) is 0 Å². The van der Waals surface area contributed by atoms with E-state index < -0.39 is 18.6 Å². The van der Waals surface area contributed by atoms with Gasteiger partial charge in [0.1, 0.15) is 0 Å². The van der Waals surface area contributed by atoms with Gasteiger partial charge in [-0.05, 0) is 0 Å². The third kappa shape index (κ3) is 8.92. The van der Waals surface area contributed by atoms with Crippen LogP contribution in [0.25, 0.3) is 0 Å². The van der Waals surface area contributed by atoms with Gasteiger partial charge in [0, 0.05) is 0 Å². The van der Waals surface area contributed by atoms with E-state index in [1.807, 2.05) is 0 Å². The van der Waals surface area contributed by atoms with Crippen LogP contribution in [0.3, 0.4) is 0 Å². The van der Waals surface area contributed by atoms with Crippen molar-refractivity contribution in [2.75, 3.05) is 0 Å². The first-order valence-electron chi connectivity index (χ1n) is 0.901. The van der Waals surface area contributed by atoms with Crippen LogP contribution in [0.2, 0.25) is 0 Å². The van der Waals surface area contributed by atoms with Gasteiger partial charge < -0.3 is 0 Å². The van der Waals surface area contributed by atoms with Gasteiger partial charge in [0.05, 0.1) is 0 Å². The molecule has 0 aliphatic rings. The fourth-order valence-corrected chi connectivity index (χ4v) is 0. The summed E-state index contributed by atoms with van der Waals surface area (Å²) in [6, 6.07) is 0. The second-order valence-electron chi connectivity index (χ2n) is 0.417. The van der Waals surface area contributed by atoms with Crippen molar-refractivity contribution in [3.63, 3.8) is 0 Å². The van der Waals surface area contributed by atoms with Gasteiger partial charge in [0.2, 0.25) is 0 Å². The molecule has 38 valence electrons. The van der Waals surface area contributed by atoms with Crippen LogP contribution in [0.4, 0.5) is 4.79 Å². The van der Waals surface area contributed by atoms with Crippen molar-refractivity contribution in [3.05, 3.63) is 0 Å².